The maximum Gasteiger partial charge on any atom is 0.0794 e. The second-order valence-electron chi connectivity index (χ2n) is 5.15. The molecule has 4 heteroatoms. The Labute approximate surface area is 133 Å². The Balaban J connectivity index is 2.25. The van der Waals surface area contributed by atoms with Crippen molar-refractivity contribution >= 4 is 27.3 Å². The lowest BCUT2D eigenvalue weighted by Crippen LogP contribution is -2.24. The Morgan fingerprint density at radius 2 is 2.00 bits per heavy atom. The molecule has 0 fully saturated rings. The fraction of sp³-hybridized carbons (Fsp3) is 0.438. The average Bonchev–Trinajstić information content (AvgIpc) is 2.93. The third kappa shape index (κ3) is 3.90. The Hall–Kier alpha value is -0.710. The van der Waals surface area contributed by atoms with Crippen LogP contribution in [0.3, 0.4) is 0 Å². The van der Waals surface area contributed by atoms with E-state index in [9.17, 15) is 0 Å². The molecule has 1 unspecified atom stereocenters. The number of nitrogens with one attached hydrogen (secondary N) is 1. The van der Waals surface area contributed by atoms with Crippen LogP contribution in [0.15, 0.2) is 28.3 Å². The molecular weight excluding hydrogens is 332 g/mol. The van der Waals surface area contributed by atoms with Crippen LogP contribution in [0.1, 0.15) is 41.0 Å². The van der Waals surface area contributed by atoms with E-state index in [0.717, 1.165) is 19.4 Å². The molecule has 0 saturated carbocycles. The fourth-order valence-corrected chi connectivity index (χ4v) is 3.22. The van der Waals surface area contributed by atoms with Crippen LogP contribution in [0.25, 0.3) is 0 Å². The van der Waals surface area contributed by atoms with Crippen LogP contribution in [0, 0.1) is 13.8 Å². The Bertz CT molecular complexity index is 529. The third-order valence-corrected chi connectivity index (χ3v) is 5.44. The van der Waals surface area contributed by atoms with Gasteiger partial charge in [-0.3, -0.25) is 4.98 Å². The van der Waals surface area contributed by atoms with E-state index in [-0.39, 0.29) is 0 Å². The lowest BCUT2D eigenvalue weighted by Gasteiger charge is -2.20. The summed E-state index contributed by atoms with van der Waals surface area (Å²) in [4.78, 5) is 5.51. The van der Waals surface area contributed by atoms with Gasteiger partial charge in [-0.25, -0.2) is 0 Å². The highest BCUT2D eigenvalue weighted by Gasteiger charge is 2.14. The molecule has 0 aliphatic heterocycles. The molecule has 2 aromatic rings. The van der Waals surface area contributed by atoms with Crippen LogP contribution in [0.4, 0.5) is 0 Å². The van der Waals surface area contributed by atoms with Crippen molar-refractivity contribution < 1.29 is 0 Å². The molecule has 0 radical (unpaired) electrons. The van der Waals surface area contributed by atoms with Crippen LogP contribution in [0.5, 0.6) is 0 Å². The summed E-state index contributed by atoms with van der Waals surface area (Å²) in [5, 5.41) is 3.66. The number of rotatable bonds is 6. The highest BCUT2D eigenvalue weighted by Crippen LogP contribution is 2.28. The molecule has 0 bridgehead atoms. The van der Waals surface area contributed by atoms with Crippen molar-refractivity contribution in [2.45, 2.75) is 39.7 Å². The van der Waals surface area contributed by atoms with E-state index >= 15 is 0 Å². The van der Waals surface area contributed by atoms with Crippen molar-refractivity contribution in [3.63, 3.8) is 0 Å². The lowest BCUT2D eigenvalue weighted by molar-refractivity contribution is 0.531. The maximum absolute atomic E-state index is 4.18. The summed E-state index contributed by atoms with van der Waals surface area (Å²) in [6.45, 7) is 7.56. The van der Waals surface area contributed by atoms with Gasteiger partial charge in [-0.05, 0) is 43.5 Å². The van der Waals surface area contributed by atoms with Crippen LogP contribution in [-0.4, -0.2) is 11.5 Å². The average molecular weight is 353 g/mol. The van der Waals surface area contributed by atoms with Gasteiger partial charge >= 0.3 is 0 Å². The van der Waals surface area contributed by atoms with E-state index in [0.29, 0.717) is 6.04 Å². The van der Waals surface area contributed by atoms with Crippen molar-refractivity contribution in [2.24, 2.45) is 0 Å². The number of hydrogen-bond acceptors (Lipinski definition) is 3. The van der Waals surface area contributed by atoms with E-state index in [1.54, 1.807) is 11.3 Å². The number of aromatic nitrogens is 1. The van der Waals surface area contributed by atoms with Crippen LogP contribution in [-0.2, 0) is 6.42 Å². The molecule has 0 saturated heterocycles. The SMILES string of the molecule is CCCNC(Cc1cncs1)c1cc(C)c(Br)c(C)c1. The Morgan fingerprint density at radius 3 is 2.55 bits per heavy atom. The summed E-state index contributed by atoms with van der Waals surface area (Å²) in [7, 11) is 0. The molecule has 20 heavy (non-hydrogen) atoms. The first kappa shape index (κ1) is 15.7. The van der Waals surface area contributed by atoms with Crippen molar-refractivity contribution in [1.29, 1.82) is 0 Å². The summed E-state index contributed by atoms with van der Waals surface area (Å²) in [6.07, 6.45) is 4.13. The first-order valence-electron chi connectivity index (χ1n) is 6.99. The van der Waals surface area contributed by atoms with Crippen molar-refractivity contribution in [1.82, 2.24) is 10.3 Å². The van der Waals surface area contributed by atoms with Crippen molar-refractivity contribution in [3.05, 3.63) is 49.9 Å². The van der Waals surface area contributed by atoms with E-state index in [1.165, 1.54) is 26.0 Å². The molecule has 0 aliphatic carbocycles. The monoisotopic (exact) mass is 352 g/mol. The molecule has 0 spiro atoms. The zero-order chi connectivity index (χ0) is 14.5. The standard InChI is InChI=1S/C16H21BrN2S/c1-4-5-19-15(8-14-9-18-10-20-14)13-6-11(2)16(17)12(3)7-13/h6-7,9-10,15,19H,4-5,8H2,1-3H3. The van der Waals surface area contributed by atoms with Crippen molar-refractivity contribution in [3.8, 4) is 0 Å². The molecule has 1 heterocycles. The number of aryl methyl sites for hydroxylation is 2. The topological polar surface area (TPSA) is 24.9 Å². The van der Waals surface area contributed by atoms with Gasteiger partial charge in [-0.2, -0.15) is 0 Å². The van der Waals surface area contributed by atoms with Gasteiger partial charge in [0.15, 0.2) is 0 Å². The lowest BCUT2D eigenvalue weighted by atomic mass is 9.98. The summed E-state index contributed by atoms with van der Waals surface area (Å²) in [5.41, 5.74) is 5.87. The van der Waals surface area contributed by atoms with E-state index < -0.39 is 0 Å². The van der Waals surface area contributed by atoms with Gasteiger partial charge < -0.3 is 5.32 Å². The van der Waals surface area contributed by atoms with Crippen LogP contribution >= 0.6 is 27.3 Å². The molecule has 2 rings (SSSR count). The third-order valence-electron chi connectivity index (χ3n) is 3.39. The Kier molecular flexibility index (Phi) is 5.75. The maximum atomic E-state index is 4.18. The molecule has 0 amide bonds. The number of benzene rings is 1. The van der Waals surface area contributed by atoms with E-state index in [1.807, 2.05) is 11.7 Å². The van der Waals surface area contributed by atoms with Crippen molar-refractivity contribution in [2.75, 3.05) is 6.54 Å². The second-order valence-corrected chi connectivity index (χ2v) is 6.91. The highest BCUT2D eigenvalue weighted by molar-refractivity contribution is 9.10. The molecule has 1 aromatic carbocycles. The minimum Gasteiger partial charge on any atom is -0.310 e. The smallest absolute Gasteiger partial charge is 0.0794 e. The molecule has 108 valence electrons. The normalized spacial score (nSPS) is 12.6. The van der Waals surface area contributed by atoms with Gasteiger partial charge in [-0.15, -0.1) is 11.3 Å². The Morgan fingerprint density at radius 1 is 1.30 bits per heavy atom. The number of nitrogens with zero attached hydrogens (tertiary/aromatic N) is 1. The molecule has 2 nitrogen and oxygen atoms in total. The minimum absolute atomic E-state index is 0.362. The number of halogens is 1. The molecule has 0 aliphatic rings. The van der Waals surface area contributed by atoms with Crippen LogP contribution in [0.2, 0.25) is 0 Å². The zero-order valence-corrected chi connectivity index (χ0v) is 14.6. The molecule has 1 aromatic heterocycles. The quantitative estimate of drug-likeness (QED) is 0.806. The first-order chi connectivity index (χ1) is 9.61. The van der Waals surface area contributed by atoms with Gasteiger partial charge in [0.25, 0.3) is 0 Å². The van der Waals surface area contributed by atoms with Gasteiger partial charge in [0.2, 0.25) is 0 Å². The molecule has 1 atom stereocenters. The largest absolute Gasteiger partial charge is 0.310 e. The highest BCUT2D eigenvalue weighted by atomic mass is 79.9. The molecular formula is C16H21BrN2S. The van der Waals surface area contributed by atoms with Gasteiger partial charge in [0.1, 0.15) is 0 Å². The number of thiazole rings is 1. The summed E-state index contributed by atoms with van der Waals surface area (Å²) in [6, 6.07) is 4.93. The van der Waals surface area contributed by atoms with E-state index in [2.05, 4.69) is 59.1 Å². The predicted octanol–water partition coefficient (Wildman–Crippen LogP) is 4.81. The minimum atomic E-state index is 0.362. The summed E-state index contributed by atoms with van der Waals surface area (Å²) >= 11 is 5.38. The van der Waals surface area contributed by atoms with Gasteiger partial charge in [0, 0.05) is 28.0 Å². The molecule has 1 N–H and O–H groups in total. The second kappa shape index (κ2) is 7.34. The van der Waals surface area contributed by atoms with Gasteiger partial charge in [-0.1, -0.05) is 35.0 Å². The van der Waals surface area contributed by atoms with E-state index in [4.69, 9.17) is 0 Å². The zero-order valence-electron chi connectivity index (χ0n) is 12.2. The fourth-order valence-electron chi connectivity index (χ4n) is 2.35. The van der Waals surface area contributed by atoms with Crippen LogP contribution < -0.4 is 5.32 Å². The van der Waals surface area contributed by atoms with Gasteiger partial charge in [0.05, 0.1) is 5.51 Å². The number of hydrogen-bond donors (Lipinski definition) is 1. The summed E-state index contributed by atoms with van der Waals surface area (Å²) < 4.78 is 1.22. The summed E-state index contributed by atoms with van der Waals surface area (Å²) in [5.74, 6) is 0. The first-order valence-corrected chi connectivity index (χ1v) is 8.66. The predicted molar refractivity (Wildman–Crippen MR) is 90.5 cm³/mol.